The molecule has 8 heteroatoms. The lowest BCUT2D eigenvalue weighted by molar-refractivity contribution is -0.141. The topological polar surface area (TPSA) is 124 Å². The van der Waals surface area contributed by atoms with E-state index in [-0.39, 0.29) is 13.1 Å². The third-order valence-corrected chi connectivity index (χ3v) is 2.43. The standard InChI is InChI=1S/C12H18N4O4/c1-8-4-14-9(5-13-8)6-15-11(19)16-7-12(2,20)3-10(17)18/h4-5,20H,3,6-7H2,1-2H3,(H,17,18)(H2,15,16,19). The Balaban J connectivity index is 2.33. The van der Waals surface area contributed by atoms with Crippen LogP contribution in [0.5, 0.6) is 0 Å². The van der Waals surface area contributed by atoms with E-state index in [2.05, 4.69) is 20.6 Å². The molecule has 110 valence electrons. The van der Waals surface area contributed by atoms with Gasteiger partial charge in [0, 0.05) is 12.7 Å². The minimum Gasteiger partial charge on any atom is -0.481 e. The van der Waals surface area contributed by atoms with Crippen LogP contribution in [0, 0.1) is 6.92 Å². The van der Waals surface area contributed by atoms with Crippen LogP contribution in [-0.4, -0.2) is 44.3 Å². The second kappa shape index (κ2) is 6.80. The molecule has 0 radical (unpaired) electrons. The van der Waals surface area contributed by atoms with Crippen LogP contribution in [0.25, 0.3) is 0 Å². The van der Waals surface area contributed by atoms with Gasteiger partial charge in [-0.1, -0.05) is 0 Å². The zero-order chi connectivity index (χ0) is 15.2. The fourth-order valence-corrected chi connectivity index (χ4v) is 1.40. The number of carbonyl (C=O) groups excluding carboxylic acids is 1. The molecule has 1 aromatic heterocycles. The largest absolute Gasteiger partial charge is 0.481 e. The summed E-state index contributed by atoms with van der Waals surface area (Å²) in [6, 6.07) is -0.516. The number of carboxylic acids is 1. The summed E-state index contributed by atoms with van der Waals surface area (Å²) in [6.45, 7) is 3.18. The summed E-state index contributed by atoms with van der Waals surface area (Å²) in [6.07, 6.45) is 2.69. The maximum atomic E-state index is 11.5. The molecule has 0 spiro atoms. The lowest BCUT2D eigenvalue weighted by Gasteiger charge is -2.21. The smallest absolute Gasteiger partial charge is 0.315 e. The summed E-state index contributed by atoms with van der Waals surface area (Å²) in [5, 5.41) is 23.2. The van der Waals surface area contributed by atoms with Crippen LogP contribution in [0.2, 0.25) is 0 Å². The number of hydrogen-bond acceptors (Lipinski definition) is 5. The van der Waals surface area contributed by atoms with Crippen molar-refractivity contribution in [2.75, 3.05) is 6.54 Å². The normalized spacial score (nSPS) is 13.3. The molecule has 1 atom stereocenters. The number of aliphatic carboxylic acids is 1. The Morgan fingerprint density at radius 2 is 2.00 bits per heavy atom. The number of aliphatic hydroxyl groups is 1. The first-order valence-corrected chi connectivity index (χ1v) is 6.02. The average Bonchev–Trinajstić information content (AvgIpc) is 2.34. The highest BCUT2D eigenvalue weighted by Gasteiger charge is 2.24. The van der Waals surface area contributed by atoms with Crippen LogP contribution in [0.3, 0.4) is 0 Å². The Kier molecular flexibility index (Phi) is 5.39. The number of carboxylic acid groups (broad SMARTS) is 1. The van der Waals surface area contributed by atoms with Crippen molar-refractivity contribution in [2.45, 2.75) is 32.4 Å². The van der Waals surface area contributed by atoms with E-state index in [4.69, 9.17) is 5.11 Å². The second-order valence-corrected chi connectivity index (χ2v) is 4.75. The van der Waals surface area contributed by atoms with E-state index in [9.17, 15) is 14.7 Å². The van der Waals surface area contributed by atoms with E-state index in [1.807, 2.05) is 0 Å². The molecule has 0 saturated carbocycles. The number of nitrogens with zero attached hydrogens (tertiary/aromatic N) is 2. The van der Waals surface area contributed by atoms with Crippen molar-refractivity contribution in [3.8, 4) is 0 Å². The number of rotatable bonds is 6. The molecule has 1 rings (SSSR count). The van der Waals surface area contributed by atoms with Gasteiger partial charge < -0.3 is 20.8 Å². The van der Waals surface area contributed by atoms with Gasteiger partial charge in [-0.25, -0.2) is 4.79 Å². The third-order valence-electron chi connectivity index (χ3n) is 2.43. The van der Waals surface area contributed by atoms with Crippen LogP contribution < -0.4 is 10.6 Å². The van der Waals surface area contributed by atoms with Gasteiger partial charge >= 0.3 is 12.0 Å². The Morgan fingerprint density at radius 3 is 2.55 bits per heavy atom. The van der Waals surface area contributed by atoms with Gasteiger partial charge in [0.1, 0.15) is 0 Å². The molecule has 1 heterocycles. The molecule has 0 bridgehead atoms. The first-order chi connectivity index (χ1) is 9.28. The van der Waals surface area contributed by atoms with Gasteiger partial charge in [-0.2, -0.15) is 0 Å². The highest BCUT2D eigenvalue weighted by molar-refractivity contribution is 5.74. The van der Waals surface area contributed by atoms with Crippen molar-refractivity contribution in [1.29, 1.82) is 0 Å². The van der Waals surface area contributed by atoms with Crippen molar-refractivity contribution in [3.05, 3.63) is 23.8 Å². The molecule has 4 N–H and O–H groups in total. The highest BCUT2D eigenvalue weighted by atomic mass is 16.4. The average molecular weight is 282 g/mol. The lowest BCUT2D eigenvalue weighted by Crippen LogP contribution is -2.45. The fraction of sp³-hybridized carbons (Fsp3) is 0.500. The van der Waals surface area contributed by atoms with E-state index in [0.717, 1.165) is 5.69 Å². The van der Waals surface area contributed by atoms with Gasteiger partial charge in [0.25, 0.3) is 0 Å². The van der Waals surface area contributed by atoms with Crippen LogP contribution in [-0.2, 0) is 11.3 Å². The van der Waals surface area contributed by atoms with E-state index >= 15 is 0 Å². The molecule has 0 aromatic carbocycles. The number of aryl methyl sites for hydroxylation is 1. The van der Waals surface area contributed by atoms with E-state index in [0.29, 0.717) is 5.69 Å². The number of urea groups is 1. The van der Waals surface area contributed by atoms with Crippen molar-refractivity contribution in [2.24, 2.45) is 0 Å². The predicted molar refractivity (Wildman–Crippen MR) is 69.9 cm³/mol. The summed E-state index contributed by atoms with van der Waals surface area (Å²) in [5.74, 6) is -1.13. The van der Waals surface area contributed by atoms with Crippen molar-refractivity contribution >= 4 is 12.0 Å². The number of aromatic nitrogens is 2. The predicted octanol–water partition coefficient (Wildman–Crippen LogP) is -0.190. The Labute approximate surface area is 116 Å². The van der Waals surface area contributed by atoms with Crippen LogP contribution in [0.15, 0.2) is 12.4 Å². The van der Waals surface area contributed by atoms with Crippen molar-refractivity contribution < 1.29 is 19.8 Å². The summed E-state index contributed by atoms with van der Waals surface area (Å²) in [5.41, 5.74) is -0.113. The van der Waals surface area contributed by atoms with E-state index < -0.39 is 24.0 Å². The number of hydrogen-bond donors (Lipinski definition) is 4. The van der Waals surface area contributed by atoms with Gasteiger partial charge in [0.15, 0.2) is 0 Å². The van der Waals surface area contributed by atoms with Crippen molar-refractivity contribution in [3.63, 3.8) is 0 Å². The minimum atomic E-state index is -1.49. The SMILES string of the molecule is Cc1cnc(CNC(=O)NCC(C)(O)CC(=O)O)cn1. The highest BCUT2D eigenvalue weighted by Crippen LogP contribution is 2.07. The van der Waals surface area contributed by atoms with Gasteiger partial charge in [0.2, 0.25) is 0 Å². The number of carbonyl (C=O) groups is 2. The molecule has 0 aliphatic carbocycles. The second-order valence-electron chi connectivity index (χ2n) is 4.75. The van der Waals surface area contributed by atoms with Crippen LogP contribution in [0.4, 0.5) is 4.79 Å². The zero-order valence-corrected chi connectivity index (χ0v) is 11.4. The van der Waals surface area contributed by atoms with Crippen LogP contribution >= 0.6 is 0 Å². The molecule has 20 heavy (non-hydrogen) atoms. The summed E-state index contributed by atoms with van der Waals surface area (Å²) in [4.78, 5) is 30.1. The van der Waals surface area contributed by atoms with Gasteiger partial charge in [0.05, 0.1) is 36.2 Å². The number of amides is 2. The summed E-state index contributed by atoms with van der Waals surface area (Å²) >= 11 is 0. The molecule has 1 unspecified atom stereocenters. The molecule has 0 saturated heterocycles. The Hall–Kier alpha value is -2.22. The maximum Gasteiger partial charge on any atom is 0.315 e. The molecular formula is C12H18N4O4. The van der Waals surface area contributed by atoms with E-state index in [1.54, 1.807) is 19.3 Å². The Morgan fingerprint density at radius 1 is 1.30 bits per heavy atom. The fourth-order valence-electron chi connectivity index (χ4n) is 1.40. The molecule has 0 aliphatic heterocycles. The van der Waals surface area contributed by atoms with Crippen molar-refractivity contribution in [1.82, 2.24) is 20.6 Å². The molecule has 8 nitrogen and oxygen atoms in total. The molecular weight excluding hydrogens is 264 g/mol. The lowest BCUT2D eigenvalue weighted by atomic mass is 10.0. The van der Waals surface area contributed by atoms with Crippen LogP contribution in [0.1, 0.15) is 24.7 Å². The first kappa shape index (κ1) is 15.8. The number of nitrogens with one attached hydrogen (secondary N) is 2. The minimum absolute atomic E-state index is 0.162. The third kappa shape index (κ3) is 6.10. The zero-order valence-electron chi connectivity index (χ0n) is 11.4. The summed E-state index contributed by atoms with van der Waals surface area (Å²) in [7, 11) is 0. The maximum absolute atomic E-state index is 11.5. The Bertz CT molecular complexity index is 473. The molecule has 0 fully saturated rings. The van der Waals surface area contributed by atoms with Gasteiger partial charge in [-0.3, -0.25) is 14.8 Å². The van der Waals surface area contributed by atoms with E-state index in [1.165, 1.54) is 6.92 Å². The van der Waals surface area contributed by atoms with Gasteiger partial charge in [-0.15, -0.1) is 0 Å². The molecule has 1 aromatic rings. The molecule has 2 amide bonds. The quantitative estimate of drug-likeness (QED) is 0.573. The molecule has 0 aliphatic rings. The first-order valence-electron chi connectivity index (χ1n) is 6.02. The monoisotopic (exact) mass is 282 g/mol. The van der Waals surface area contributed by atoms with Gasteiger partial charge in [-0.05, 0) is 13.8 Å². The summed E-state index contributed by atoms with van der Waals surface area (Å²) < 4.78 is 0.